The SMILES string of the molecule is C#C.C=S(C)N1c2c(C)c(CC(C)=O)c(-c3ccc(Cl)cc3)c3c2N(CC1C)C(C)C3.CC.CC.CC(C)(C)O. The minimum Gasteiger partial charge on any atom is -0.391 e. The molecule has 4 nitrogen and oxygen atoms in total. The van der Waals surface area contributed by atoms with Crippen molar-refractivity contribution in [2.45, 2.75) is 107 Å². The number of aliphatic hydroxyl groups is 1. The molecule has 1 N–H and O–H groups in total. The number of ketones is 1. The Morgan fingerprint density at radius 2 is 1.55 bits per heavy atom. The van der Waals surface area contributed by atoms with Gasteiger partial charge in [0, 0.05) is 24.0 Å². The lowest BCUT2D eigenvalue weighted by Gasteiger charge is -2.45. The van der Waals surface area contributed by atoms with E-state index in [0.717, 1.165) is 29.1 Å². The van der Waals surface area contributed by atoms with Crippen LogP contribution < -0.4 is 9.21 Å². The van der Waals surface area contributed by atoms with Crippen molar-refractivity contribution in [3.63, 3.8) is 0 Å². The predicted molar refractivity (Wildman–Crippen MR) is 184 cm³/mol. The van der Waals surface area contributed by atoms with Crippen LogP contribution in [0.5, 0.6) is 0 Å². The number of Topliss-reactive ketones (excluding diaryl/α,β-unsaturated/α-hetero) is 1. The van der Waals surface area contributed by atoms with Crippen LogP contribution >= 0.6 is 22.3 Å². The van der Waals surface area contributed by atoms with Crippen molar-refractivity contribution in [1.29, 1.82) is 0 Å². The Morgan fingerprint density at radius 3 is 1.98 bits per heavy atom. The van der Waals surface area contributed by atoms with E-state index in [4.69, 9.17) is 16.7 Å². The zero-order valence-electron chi connectivity index (χ0n) is 27.0. The van der Waals surface area contributed by atoms with E-state index in [-0.39, 0.29) is 16.5 Å². The summed E-state index contributed by atoms with van der Waals surface area (Å²) in [6.45, 7) is 22.7. The minimum absolute atomic E-state index is 0.131. The summed E-state index contributed by atoms with van der Waals surface area (Å²) in [6, 6.07) is 8.92. The lowest BCUT2D eigenvalue weighted by atomic mass is 9.85. The Morgan fingerprint density at radius 1 is 1.07 bits per heavy atom. The molecule has 0 amide bonds. The lowest BCUT2D eigenvalue weighted by Crippen LogP contribution is -2.47. The van der Waals surface area contributed by atoms with Gasteiger partial charge in [0.25, 0.3) is 0 Å². The monoisotopic (exact) mass is 588 g/mol. The number of terminal acetylenes is 1. The second kappa shape index (κ2) is 16.9. The smallest absolute Gasteiger partial charge is 0.134 e. The fraction of sp³-hybridized carbons (Fsp3) is 0.529. The van der Waals surface area contributed by atoms with Crippen LogP contribution in [-0.2, 0) is 17.6 Å². The van der Waals surface area contributed by atoms with Gasteiger partial charge in [-0.1, -0.05) is 57.3 Å². The van der Waals surface area contributed by atoms with Crippen molar-refractivity contribution in [3.8, 4) is 24.0 Å². The molecule has 2 aromatic rings. The Labute approximate surface area is 253 Å². The molecule has 0 bridgehead atoms. The normalized spacial score (nSPS) is 17.3. The number of carbonyl (C=O) groups is 1. The maximum atomic E-state index is 12.3. The van der Waals surface area contributed by atoms with Crippen LogP contribution in [0.2, 0.25) is 5.02 Å². The summed E-state index contributed by atoms with van der Waals surface area (Å²) in [5, 5.41) is 9.25. The highest BCUT2D eigenvalue weighted by atomic mass is 35.5. The van der Waals surface area contributed by atoms with E-state index in [0.29, 0.717) is 18.5 Å². The van der Waals surface area contributed by atoms with Gasteiger partial charge >= 0.3 is 0 Å². The molecule has 2 heterocycles. The fourth-order valence-electron chi connectivity index (χ4n) is 5.10. The van der Waals surface area contributed by atoms with Crippen LogP contribution in [0.15, 0.2) is 24.3 Å². The molecule has 3 atom stereocenters. The first-order valence-corrected chi connectivity index (χ1v) is 16.3. The predicted octanol–water partition coefficient (Wildman–Crippen LogP) is 8.73. The fourth-order valence-corrected chi connectivity index (χ4v) is 6.45. The van der Waals surface area contributed by atoms with Crippen molar-refractivity contribution in [2.75, 3.05) is 22.0 Å². The standard InChI is InChI=1S/C24H29ClN2OS.C4H10O.2C2H6.C2H2/c1-14-11-21-22(18-7-9-19(25)10-8-18)20(12-16(3)28)17(4)23-24(21)26(14)13-15(2)27(23)29(5)6;1-4(2,3)5;3*1-2/h7-10,14-15H,5,11-13H2,1-4,6H3;5H,1-3H3;2*1-2H3;1-2H. The highest BCUT2D eigenvalue weighted by molar-refractivity contribution is 8.14. The Hall–Kier alpha value is -2.26. The summed E-state index contributed by atoms with van der Waals surface area (Å²) in [4.78, 5) is 14.8. The third-order valence-corrected chi connectivity index (χ3v) is 7.68. The third kappa shape index (κ3) is 9.40. The molecule has 3 unspecified atom stereocenters. The summed E-state index contributed by atoms with van der Waals surface area (Å²) in [6.07, 6.45) is 11.6. The molecule has 2 aromatic carbocycles. The van der Waals surface area contributed by atoms with E-state index in [1.165, 1.54) is 28.1 Å². The first-order valence-electron chi connectivity index (χ1n) is 14.2. The van der Waals surface area contributed by atoms with Crippen LogP contribution in [0.1, 0.15) is 85.9 Å². The molecule has 0 saturated carbocycles. The number of hydrogen-bond donors (Lipinski definition) is 1. The summed E-state index contributed by atoms with van der Waals surface area (Å²) < 4.78 is 2.48. The van der Waals surface area contributed by atoms with Crippen LogP contribution in [-0.4, -0.2) is 47.2 Å². The van der Waals surface area contributed by atoms with Crippen LogP contribution in [0.25, 0.3) is 11.1 Å². The highest BCUT2D eigenvalue weighted by Crippen LogP contribution is 2.54. The van der Waals surface area contributed by atoms with Gasteiger partial charge in [-0.25, -0.2) is 0 Å². The van der Waals surface area contributed by atoms with Gasteiger partial charge < -0.3 is 14.3 Å². The summed E-state index contributed by atoms with van der Waals surface area (Å²) in [5.41, 5.74) is 8.28. The quantitative estimate of drug-likeness (QED) is 0.286. The number of carbonyl (C=O) groups excluding carboxylic acids is 1. The number of nitrogens with zero attached hydrogens (tertiary/aromatic N) is 2. The molecule has 224 valence electrons. The van der Waals surface area contributed by atoms with E-state index < -0.39 is 5.60 Å². The Balaban J connectivity index is 0.00000121. The molecule has 6 heteroatoms. The summed E-state index contributed by atoms with van der Waals surface area (Å²) >= 11 is 6.17. The summed E-state index contributed by atoms with van der Waals surface area (Å²) in [7, 11) is -0.131. The largest absolute Gasteiger partial charge is 0.391 e. The number of anilines is 2. The van der Waals surface area contributed by atoms with Gasteiger partial charge in [-0.2, -0.15) is 0 Å². The molecule has 0 aliphatic carbocycles. The molecular weight excluding hydrogens is 536 g/mol. The van der Waals surface area contributed by atoms with Gasteiger partial charge in [0.2, 0.25) is 0 Å². The first kappa shape index (κ1) is 37.7. The number of halogens is 1. The minimum atomic E-state index is -0.500. The average Bonchev–Trinajstić information content (AvgIpc) is 3.20. The Kier molecular flexibility index (Phi) is 15.9. The van der Waals surface area contributed by atoms with E-state index in [2.05, 4.69) is 67.1 Å². The van der Waals surface area contributed by atoms with Gasteiger partial charge in [-0.05, 0) is 101 Å². The zero-order valence-corrected chi connectivity index (χ0v) is 28.6. The second-order valence-corrected chi connectivity index (χ2v) is 12.7. The molecule has 0 aromatic heterocycles. The first-order chi connectivity index (χ1) is 18.7. The van der Waals surface area contributed by atoms with Crippen LogP contribution in [0.3, 0.4) is 0 Å². The van der Waals surface area contributed by atoms with Gasteiger partial charge in [0.1, 0.15) is 5.78 Å². The number of rotatable bonds is 4. The van der Waals surface area contributed by atoms with Crippen molar-refractivity contribution in [1.82, 2.24) is 0 Å². The van der Waals surface area contributed by atoms with Gasteiger partial charge in [-0.3, -0.25) is 4.79 Å². The van der Waals surface area contributed by atoms with Crippen LogP contribution in [0.4, 0.5) is 11.4 Å². The second-order valence-electron chi connectivity index (χ2n) is 10.7. The van der Waals surface area contributed by atoms with E-state index >= 15 is 0 Å². The molecule has 4 rings (SSSR count). The summed E-state index contributed by atoms with van der Waals surface area (Å²) in [5.74, 6) is 4.57. The topological polar surface area (TPSA) is 43.8 Å². The van der Waals surface area contributed by atoms with E-state index in [9.17, 15) is 4.79 Å². The van der Waals surface area contributed by atoms with Gasteiger partial charge in [-0.15, -0.1) is 23.5 Å². The molecule has 2 aliphatic heterocycles. The molecule has 0 radical (unpaired) electrons. The van der Waals surface area contributed by atoms with Crippen LogP contribution in [0, 0.1) is 19.8 Å². The number of hydrogen-bond acceptors (Lipinski definition) is 4. The van der Waals surface area contributed by atoms with Gasteiger partial charge in [0.05, 0.1) is 23.0 Å². The maximum Gasteiger partial charge on any atom is 0.134 e. The average molecular weight is 589 g/mol. The van der Waals surface area contributed by atoms with Crippen molar-refractivity contribution in [2.24, 2.45) is 0 Å². The van der Waals surface area contributed by atoms with E-state index in [1.54, 1.807) is 27.7 Å². The molecule has 0 fully saturated rings. The maximum absolute atomic E-state index is 12.3. The molecule has 40 heavy (non-hydrogen) atoms. The molecule has 0 saturated heterocycles. The lowest BCUT2D eigenvalue weighted by molar-refractivity contribution is -0.116. The van der Waals surface area contributed by atoms with Crippen molar-refractivity contribution >= 4 is 45.3 Å². The van der Waals surface area contributed by atoms with Gasteiger partial charge in [0.15, 0.2) is 0 Å². The number of benzene rings is 2. The Bertz CT molecular complexity index is 1140. The van der Waals surface area contributed by atoms with Crippen molar-refractivity contribution in [3.05, 3.63) is 46.0 Å². The highest BCUT2D eigenvalue weighted by Gasteiger charge is 2.41. The molecule has 0 spiro atoms. The molecular formula is C34H53ClN2O2S. The van der Waals surface area contributed by atoms with Crippen molar-refractivity contribution < 1.29 is 9.90 Å². The zero-order chi connectivity index (χ0) is 31.5. The molecule has 2 aliphatic rings. The van der Waals surface area contributed by atoms with E-state index in [1.807, 2.05) is 39.8 Å². The third-order valence-electron chi connectivity index (χ3n) is 6.22.